The number of para-hydroxylation sites is 4. The van der Waals surface area contributed by atoms with Gasteiger partial charge >= 0.3 is 0 Å². The van der Waals surface area contributed by atoms with Crippen LogP contribution in [0.3, 0.4) is 0 Å². The molecule has 60 heavy (non-hydrogen) atoms. The third-order valence-electron chi connectivity index (χ3n) is 11.6. The largest absolute Gasteiger partial charge is 0.455 e. The Morgan fingerprint density at radius 2 is 0.717 bits per heavy atom. The lowest BCUT2D eigenvalue weighted by molar-refractivity contribution is 0.669. The van der Waals surface area contributed by atoms with Gasteiger partial charge in [0, 0.05) is 32.7 Å². The Kier molecular flexibility index (Phi) is 7.78. The van der Waals surface area contributed by atoms with Crippen molar-refractivity contribution < 1.29 is 8.83 Å². The molecule has 5 nitrogen and oxygen atoms in total. The summed E-state index contributed by atoms with van der Waals surface area (Å²) in [6.45, 7) is 0. The van der Waals surface area contributed by atoms with Crippen LogP contribution in [0, 0.1) is 0 Å². The molecule has 0 saturated carbocycles. The van der Waals surface area contributed by atoms with Crippen molar-refractivity contribution >= 4 is 54.6 Å². The summed E-state index contributed by atoms with van der Waals surface area (Å²) in [6.07, 6.45) is 0. The maximum absolute atomic E-state index is 6.62. The number of hydrogen-bond donors (Lipinski definition) is 0. The number of rotatable bonds is 6. The summed E-state index contributed by atoms with van der Waals surface area (Å²) < 4.78 is 13.2. The van der Waals surface area contributed by atoms with Gasteiger partial charge in [-0.1, -0.05) is 176 Å². The monoisotopic (exact) mass is 767 g/mol. The lowest BCUT2D eigenvalue weighted by Gasteiger charge is -2.21. The number of furan rings is 2. The minimum atomic E-state index is 0.501. The fourth-order valence-electron chi connectivity index (χ4n) is 8.86. The average molecular weight is 768 g/mol. The summed E-state index contributed by atoms with van der Waals surface area (Å²) in [5, 5.41) is 6.41. The molecule has 0 aliphatic carbocycles. The lowest BCUT2D eigenvalue weighted by Crippen LogP contribution is -2.03. The van der Waals surface area contributed by atoms with E-state index in [-0.39, 0.29) is 0 Å². The summed E-state index contributed by atoms with van der Waals surface area (Å²) in [4.78, 5) is 16.3. The second-order valence-electron chi connectivity index (χ2n) is 15.0. The van der Waals surface area contributed by atoms with Crippen LogP contribution in [0.25, 0.3) is 122 Å². The van der Waals surface area contributed by atoms with E-state index in [1.807, 2.05) is 54.6 Å². The number of aromatic nitrogens is 3. The second-order valence-corrected chi connectivity index (χ2v) is 15.0. The van der Waals surface area contributed by atoms with Crippen molar-refractivity contribution in [2.75, 3.05) is 0 Å². The molecule has 0 aliphatic heterocycles. The molecule has 0 unspecified atom stereocenters. The van der Waals surface area contributed by atoms with Crippen LogP contribution in [-0.4, -0.2) is 15.0 Å². The lowest BCUT2D eigenvalue weighted by atomic mass is 9.84. The molecular formula is C55H33N3O2. The predicted octanol–water partition coefficient (Wildman–Crippen LogP) is 14.8. The van der Waals surface area contributed by atoms with E-state index in [0.29, 0.717) is 17.5 Å². The van der Waals surface area contributed by atoms with Gasteiger partial charge in [-0.15, -0.1) is 0 Å². The highest BCUT2D eigenvalue weighted by Gasteiger charge is 2.26. The summed E-state index contributed by atoms with van der Waals surface area (Å²) in [5.74, 6) is 1.54. The predicted molar refractivity (Wildman–Crippen MR) is 245 cm³/mol. The number of hydrogen-bond acceptors (Lipinski definition) is 5. The Balaban J connectivity index is 1.23. The van der Waals surface area contributed by atoms with Gasteiger partial charge in [0.05, 0.1) is 11.1 Å². The molecule has 280 valence electrons. The maximum Gasteiger partial charge on any atom is 0.167 e. The smallest absolute Gasteiger partial charge is 0.167 e. The van der Waals surface area contributed by atoms with Crippen molar-refractivity contribution in [2.24, 2.45) is 0 Å². The second kappa shape index (κ2) is 13.8. The van der Waals surface area contributed by atoms with E-state index >= 15 is 0 Å². The van der Waals surface area contributed by atoms with Crippen molar-refractivity contribution in [2.45, 2.75) is 0 Å². The SMILES string of the molecule is c1ccc(-c2ccc(-c3cccc4ccccc34)c(-c3ccccc3)c2-c2nc(-c3cccc4c3oc3ccccc34)nc(-c3cccc4c3oc3ccccc34)n2)cc1. The average Bonchev–Trinajstić information content (AvgIpc) is 3.90. The number of fused-ring (bicyclic) bond motifs is 7. The zero-order valence-electron chi connectivity index (χ0n) is 32.2. The molecule has 0 bridgehead atoms. The molecule has 0 saturated heterocycles. The highest BCUT2D eigenvalue weighted by atomic mass is 16.3. The molecule has 3 aromatic heterocycles. The van der Waals surface area contributed by atoms with Gasteiger partial charge in [-0.2, -0.15) is 0 Å². The molecule has 9 aromatic carbocycles. The molecule has 0 amide bonds. The third-order valence-corrected chi connectivity index (χ3v) is 11.6. The first-order valence-corrected chi connectivity index (χ1v) is 20.1. The fraction of sp³-hybridized carbons (Fsp3) is 0. The van der Waals surface area contributed by atoms with Crippen LogP contribution in [-0.2, 0) is 0 Å². The van der Waals surface area contributed by atoms with Crippen molar-refractivity contribution in [3.05, 3.63) is 200 Å². The summed E-state index contributed by atoms with van der Waals surface area (Å²) in [6, 6.07) is 69.3. The quantitative estimate of drug-likeness (QED) is 0.169. The molecule has 0 radical (unpaired) electrons. The van der Waals surface area contributed by atoms with Gasteiger partial charge in [-0.05, 0) is 62.9 Å². The Hall–Kier alpha value is -8.15. The first-order chi connectivity index (χ1) is 29.8. The van der Waals surface area contributed by atoms with Gasteiger partial charge in [0.25, 0.3) is 0 Å². The van der Waals surface area contributed by atoms with E-state index in [9.17, 15) is 0 Å². The maximum atomic E-state index is 6.62. The zero-order chi connectivity index (χ0) is 39.6. The van der Waals surface area contributed by atoms with Gasteiger partial charge < -0.3 is 8.83 Å². The van der Waals surface area contributed by atoms with E-state index in [1.54, 1.807) is 0 Å². The molecule has 0 fully saturated rings. The van der Waals surface area contributed by atoms with Crippen LogP contribution in [0.2, 0.25) is 0 Å². The summed E-state index contributed by atoms with van der Waals surface area (Å²) in [7, 11) is 0. The van der Waals surface area contributed by atoms with E-state index < -0.39 is 0 Å². The first-order valence-electron chi connectivity index (χ1n) is 20.1. The molecular weight excluding hydrogens is 735 g/mol. The Morgan fingerprint density at radius 1 is 0.267 bits per heavy atom. The van der Waals surface area contributed by atoms with Crippen LogP contribution in [0.4, 0.5) is 0 Å². The van der Waals surface area contributed by atoms with E-state index in [0.717, 1.165) is 93.9 Å². The van der Waals surface area contributed by atoms with Crippen LogP contribution in [0.5, 0.6) is 0 Å². The molecule has 0 spiro atoms. The van der Waals surface area contributed by atoms with Crippen LogP contribution >= 0.6 is 0 Å². The Bertz CT molecular complexity index is 3470. The van der Waals surface area contributed by atoms with Crippen molar-refractivity contribution in [3.63, 3.8) is 0 Å². The van der Waals surface area contributed by atoms with Gasteiger partial charge in [0.2, 0.25) is 0 Å². The van der Waals surface area contributed by atoms with Gasteiger partial charge in [-0.3, -0.25) is 0 Å². The van der Waals surface area contributed by atoms with Crippen molar-refractivity contribution in [1.29, 1.82) is 0 Å². The number of benzene rings is 9. The van der Waals surface area contributed by atoms with Crippen LogP contribution in [0.15, 0.2) is 209 Å². The molecule has 0 atom stereocenters. The highest BCUT2D eigenvalue weighted by Crippen LogP contribution is 2.47. The highest BCUT2D eigenvalue weighted by molar-refractivity contribution is 6.11. The molecule has 0 N–H and O–H groups in total. The molecule has 12 aromatic rings. The third kappa shape index (κ3) is 5.44. The van der Waals surface area contributed by atoms with Crippen LogP contribution in [0.1, 0.15) is 0 Å². The fourth-order valence-corrected chi connectivity index (χ4v) is 8.86. The summed E-state index contributed by atoms with van der Waals surface area (Å²) >= 11 is 0. The number of nitrogens with zero attached hydrogens (tertiary/aromatic N) is 3. The molecule has 0 aliphatic rings. The van der Waals surface area contributed by atoms with E-state index in [1.165, 1.54) is 10.8 Å². The first kappa shape index (κ1) is 33.9. The normalized spacial score (nSPS) is 11.7. The summed E-state index contributed by atoms with van der Waals surface area (Å²) in [5.41, 5.74) is 11.9. The van der Waals surface area contributed by atoms with Gasteiger partial charge in [0.15, 0.2) is 17.5 Å². The van der Waals surface area contributed by atoms with Gasteiger partial charge in [-0.25, -0.2) is 15.0 Å². The topological polar surface area (TPSA) is 65.0 Å². The van der Waals surface area contributed by atoms with E-state index in [4.69, 9.17) is 23.8 Å². The zero-order valence-corrected chi connectivity index (χ0v) is 32.2. The van der Waals surface area contributed by atoms with Crippen molar-refractivity contribution in [3.8, 4) is 67.5 Å². The minimum Gasteiger partial charge on any atom is -0.455 e. The van der Waals surface area contributed by atoms with E-state index in [2.05, 4.69) is 146 Å². The Labute approximate surface area is 344 Å². The van der Waals surface area contributed by atoms with Crippen LogP contribution < -0.4 is 0 Å². The molecule has 3 heterocycles. The van der Waals surface area contributed by atoms with Crippen molar-refractivity contribution in [1.82, 2.24) is 15.0 Å². The molecule has 5 heteroatoms. The van der Waals surface area contributed by atoms with Gasteiger partial charge in [0.1, 0.15) is 22.3 Å². The standard InChI is InChI=1S/C55H33N3O2/c1-3-16-35(17-4-1)38-32-33-42(39-25-13-21-34-18-7-8-22-37(34)39)49(36-19-5-2-6-20-36)50(38)55-57-53(45-28-14-26-43-40-23-9-11-30-47(40)59-51(43)45)56-54(58-55)46-29-15-27-44-41-24-10-12-31-48(41)60-52(44)46/h1-33H. The minimum absolute atomic E-state index is 0.501. The Morgan fingerprint density at radius 3 is 1.35 bits per heavy atom. The molecule has 12 rings (SSSR count).